The number of hydrogen-bond acceptors (Lipinski definition) is 5. The van der Waals surface area contributed by atoms with Crippen LogP contribution >= 0.6 is 0 Å². The summed E-state index contributed by atoms with van der Waals surface area (Å²) in [6.07, 6.45) is 2.90. The number of fused-ring (bicyclic) bond motifs is 1. The molecule has 4 rings (SSSR count). The molecule has 1 N–H and O–H groups in total. The molecule has 3 aromatic rings. The Bertz CT molecular complexity index is 1230. The Morgan fingerprint density at radius 1 is 1.12 bits per heavy atom. The van der Waals surface area contributed by atoms with Gasteiger partial charge in [-0.15, -0.1) is 0 Å². The molecule has 0 saturated heterocycles. The molecule has 0 fully saturated rings. The van der Waals surface area contributed by atoms with Gasteiger partial charge in [-0.05, 0) is 54.5 Å². The molecule has 0 aliphatic carbocycles. The third-order valence-corrected chi connectivity index (χ3v) is 5.16. The van der Waals surface area contributed by atoms with E-state index in [4.69, 9.17) is 4.74 Å². The lowest BCUT2D eigenvalue weighted by Crippen LogP contribution is -2.38. The van der Waals surface area contributed by atoms with Gasteiger partial charge in [0, 0.05) is 23.9 Å². The van der Waals surface area contributed by atoms with Crippen LogP contribution in [-0.4, -0.2) is 23.3 Å². The zero-order valence-corrected chi connectivity index (χ0v) is 17.9. The fraction of sp³-hybridized carbons (Fsp3) is 0.120. The molecule has 1 aliphatic rings. The number of nitro benzene ring substituents is 1. The number of hydrogen-bond donors (Lipinski definition) is 1. The van der Waals surface area contributed by atoms with Crippen LogP contribution in [0.4, 0.5) is 17.1 Å². The number of ether oxygens (including phenoxy) is 1. The molecular weight excluding hydrogens is 422 g/mol. The highest BCUT2D eigenvalue weighted by Crippen LogP contribution is 2.35. The molecule has 0 radical (unpaired) electrons. The van der Waals surface area contributed by atoms with Gasteiger partial charge in [-0.2, -0.15) is 0 Å². The van der Waals surface area contributed by atoms with Crippen molar-refractivity contribution in [2.75, 3.05) is 16.8 Å². The highest BCUT2D eigenvalue weighted by atomic mass is 16.6. The number of benzene rings is 3. The highest BCUT2D eigenvalue weighted by Gasteiger charge is 2.26. The van der Waals surface area contributed by atoms with Crippen LogP contribution in [0.3, 0.4) is 0 Å². The van der Waals surface area contributed by atoms with Crippen molar-refractivity contribution >= 4 is 35.0 Å². The van der Waals surface area contributed by atoms with E-state index in [9.17, 15) is 19.7 Å². The van der Waals surface area contributed by atoms with Gasteiger partial charge in [-0.3, -0.25) is 19.7 Å². The lowest BCUT2D eigenvalue weighted by molar-refractivity contribution is -0.384. The number of nitro groups is 1. The average molecular weight is 443 g/mol. The number of aryl methyl sites for hydroxylation is 1. The van der Waals surface area contributed by atoms with E-state index in [2.05, 4.69) is 5.32 Å². The summed E-state index contributed by atoms with van der Waals surface area (Å²) in [5.41, 5.74) is 3.87. The number of carbonyl (C=O) groups excluding carboxylic acids is 2. The predicted octanol–water partition coefficient (Wildman–Crippen LogP) is 4.48. The number of amides is 2. The first kappa shape index (κ1) is 21.8. The number of anilines is 2. The topological polar surface area (TPSA) is 102 Å². The lowest BCUT2D eigenvalue weighted by atomic mass is 10.1. The van der Waals surface area contributed by atoms with E-state index in [1.807, 2.05) is 31.2 Å². The summed E-state index contributed by atoms with van der Waals surface area (Å²) in [7, 11) is 0. The highest BCUT2D eigenvalue weighted by molar-refractivity contribution is 6.03. The first-order valence-electron chi connectivity index (χ1n) is 10.3. The molecule has 2 amide bonds. The minimum atomic E-state index is -0.479. The van der Waals surface area contributed by atoms with Crippen molar-refractivity contribution in [2.45, 2.75) is 13.5 Å². The maximum Gasteiger partial charge on any atom is 0.269 e. The first-order chi connectivity index (χ1) is 15.9. The Morgan fingerprint density at radius 3 is 2.55 bits per heavy atom. The molecule has 8 nitrogen and oxygen atoms in total. The maximum atomic E-state index is 12.5. The van der Waals surface area contributed by atoms with Crippen LogP contribution in [0.1, 0.15) is 16.7 Å². The number of nitrogens with one attached hydrogen (secondary N) is 1. The van der Waals surface area contributed by atoms with Crippen molar-refractivity contribution < 1.29 is 19.2 Å². The van der Waals surface area contributed by atoms with Gasteiger partial charge in [-0.1, -0.05) is 29.8 Å². The van der Waals surface area contributed by atoms with Crippen LogP contribution in [0.5, 0.6) is 5.75 Å². The third-order valence-electron chi connectivity index (χ3n) is 5.16. The number of rotatable bonds is 6. The summed E-state index contributed by atoms with van der Waals surface area (Å²) in [5.74, 6) is 0.0344. The Labute approximate surface area is 190 Å². The quantitative estimate of drug-likeness (QED) is 0.344. The lowest BCUT2D eigenvalue weighted by Gasteiger charge is -2.30. The van der Waals surface area contributed by atoms with E-state index < -0.39 is 4.92 Å². The number of non-ortho nitro benzene ring substituents is 1. The normalized spacial score (nSPS) is 12.9. The summed E-state index contributed by atoms with van der Waals surface area (Å²) in [6.45, 7) is 2.36. The molecule has 0 aromatic heterocycles. The standard InChI is InChI=1S/C25H21N3O5/c1-17-2-4-19(5-3-17)15-27-22-14-20(9-12-23(22)33-16-25(27)30)26-24(29)13-8-18-6-10-21(11-7-18)28(31)32/h2-14H,15-16H2,1H3,(H,26,29)/b13-8+. The van der Waals surface area contributed by atoms with E-state index >= 15 is 0 Å². The third kappa shape index (κ3) is 5.24. The zero-order chi connectivity index (χ0) is 23.4. The van der Waals surface area contributed by atoms with Gasteiger partial charge in [0.1, 0.15) is 5.75 Å². The first-order valence-corrected chi connectivity index (χ1v) is 10.3. The van der Waals surface area contributed by atoms with Crippen LogP contribution in [0.2, 0.25) is 0 Å². The Kier molecular flexibility index (Phi) is 6.17. The van der Waals surface area contributed by atoms with Gasteiger partial charge in [0.05, 0.1) is 17.2 Å². The average Bonchev–Trinajstić information content (AvgIpc) is 2.81. The Morgan fingerprint density at radius 2 is 1.85 bits per heavy atom. The van der Waals surface area contributed by atoms with Crippen LogP contribution in [0, 0.1) is 17.0 Å². The van der Waals surface area contributed by atoms with Gasteiger partial charge in [0.2, 0.25) is 5.91 Å². The van der Waals surface area contributed by atoms with Gasteiger partial charge >= 0.3 is 0 Å². The van der Waals surface area contributed by atoms with Crippen molar-refractivity contribution in [1.29, 1.82) is 0 Å². The van der Waals surface area contributed by atoms with Crippen LogP contribution in [0.15, 0.2) is 72.8 Å². The summed E-state index contributed by atoms with van der Waals surface area (Å²) >= 11 is 0. The van der Waals surface area contributed by atoms with Crippen LogP contribution in [-0.2, 0) is 16.1 Å². The largest absolute Gasteiger partial charge is 0.482 e. The van der Waals surface area contributed by atoms with E-state index in [1.165, 1.54) is 18.2 Å². The molecule has 3 aromatic carbocycles. The molecule has 0 bridgehead atoms. The van der Waals surface area contributed by atoms with E-state index in [0.29, 0.717) is 29.2 Å². The SMILES string of the molecule is Cc1ccc(CN2C(=O)COc3ccc(NC(=O)/C=C/c4ccc([N+](=O)[O-])cc4)cc32)cc1. The predicted molar refractivity (Wildman–Crippen MR) is 125 cm³/mol. The van der Waals surface area contributed by atoms with Gasteiger partial charge < -0.3 is 15.0 Å². The summed E-state index contributed by atoms with van der Waals surface area (Å²) in [4.78, 5) is 36.8. The fourth-order valence-corrected chi connectivity index (χ4v) is 3.39. The second-order valence-electron chi connectivity index (χ2n) is 7.61. The molecule has 1 aliphatic heterocycles. The molecule has 1 heterocycles. The van der Waals surface area contributed by atoms with E-state index in [-0.39, 0.29) is 24.1 Å². The van der Waals surface area contributed by atoms with Crippen molar-refractivity contribution in [1.82, 2.24) is 0 Å². The number of nitrogens with zero attached hydrogens (tertiary/aromatic N) is 2. The monoisotopic (exact) mass is 443 g/mol. The van der Waals surface area contributed by atoms with Gasteiger partial charge in [0.15, 0.2) is 6.61 Å². The van der Waals surface area contributed by atoms with Gasteiger partial charge in [0.25, 0.3) is 11.6 Å². The van der Waals surface area contributed by atoms with Crippen molar-refractivity contribution in [3.8, 4) is 5.75 Å². The fourth-order valence-electron chi connectivity index (χ4n) is 3.39. The molecule has 166 valence electrons. The molecule has 0 spiro atoms. The molecular formula is C25H21N3O5. The van der Waals surface area contributed by atoms with Crippen molar-refractivity contribution in [2.24, 2.45) is 0 Å². The molecule has 0 atom stereocenters. The molecule has 33 heavy (non-hydrogen) atoms. The zero-order valence-electron chi connectivity index (χ0n) is 17.9. The van der Waals surface area contributed by atoms with E-state index in [0.717, 1.165) is 11.1 Å². The molecule has 8 heteroatoms. The summed E-state index contributed by atoms with van der Waals surface area (Å²) < 4.78 is 5.55. The molecule has 0 saturated carbocycles. The second kappa shape index (κ2) is 9.35. The van der Waals surface area contributed by atoms with Crippen LogP contribution < -0.4 is 15.0 Å². The molecule has 0 unspecified atom stereocenters. The van der Waals surface area contributed by atoms with Gasteiger partial charge in [-0.25, -0.2) is 0 Å². The summed E-state index contributed by atoms with van der Waals surface area (Å²) in [5, 5.41) is 13.5. The van der Waals surface area contributed by atoms with Crippen LogP contribution in [0.25, 0.3) is 6.08 Å². The minimum absolute atomic E-state index is 0.0161. The van der Waals surface area contributed by atoms with E-state index in [1.54, 1.807) is 41.3 Å². The minimum Gasteiger partial charge on any atom is -0.482 e. The Hall–Kier alpha value is -4.46. The smallest absolute Gasteiger partial charge is 0.269 e. The van der Waals surface area contributed by atoms with Crippen molar-refractivity contribution in [3.05, 3.63) is 99.6 Å². The Balaban J connectivity index is 1.48. The van der Waals surface area contributed by atoms with Crippen molar-refractivity contribution in [3.63, 3.8) is 0 Å². The number of carbonyl (C=O) groups is 2. The second-order valence-corrected chi connectivity index (χ2v) is 7.61. The maximum absolute atomic E-state index is 12.5. The summed E-state index contributed by atoms with van der Waals surface area (Å²) in [6, 6.07) is 19.0.